The zero-order valence-electron chi connectivity index (χ0n) is 17.9. The fourth-order valence-corrected chi connectivity index (χ4v) is 3.94. The van der Waals surface area contributed by atoms with Crippen molar-refractivity contribution in [3.63, 3.8) is 0 Å². The summed E-state index contributed by atoms with van der Waals surface area (Å²) in [7, 11) is 1.77. The van der Waals surface area contributed by atoms with Gasteiger partial charge in [-0.2, -0.15) is 4.98 Å². The SMILES string of the molecule is CN(Cc1nc(C2CCN(Cc3ccc(F)cc3Cl)CC2)no1)c1ncc(C(=O)NO)cn1. The Morgan fingerprint density at radius 1 is 1.33 bits per heavy atom. The van der Waals surface area contributed by atoms with Crippen molar-refractivity contribution in [1.29, 1.82) is 0 Å². The molecule has 0 spiro atoms. The number of rotatable bonds is 7. The Morgan fingerprint density at radius 2 is 2.06 bits per heavy atom. The van der Waals surface area contributed by atoms with Crippen LogP contribution in [0.25, 0.3) is 0 Å². The van der Waals surface area contributed by atoms with Crippen LogP contribution in [0.1, 0.15) is 46.4 Å². The van der Waals surface area contributed by atoms with Gasteiger partial charge in [-0.1, -0.05) is 22.8 Å². The smallest absolute Gasteiger partial charge is 0.277 e. The number of nitrogens with zero attached hydrogens (tertiary/aromatic N) is 6. The van der Waals surface area contributed by atoms with Gasteiger partial charge in [0.15, 0.2) is 5.82 Å². The Bertz CT molecular complexity index is 1100. The molecule has 2 N–H and O–H groups in total. The Balaban J connectivity index is 1.30. The molecule has 4 rings (SSSR count). The van der Waals surface area contributed by atoms with Crippen molar-refractivity contribution in [2.75, 3.05) is 25.0 Å². The number of aromatic nitrogens is 4. The average Bonchev–Trinajstić information content (AvgIpc) is 3.29. The third-order valence-corrected chi connectivity index (χ3v) is 5.91. The van der Waals surface area contributed by atoms with Gasteiger partial charge in [0.2, 0.25) is 11.8 Å². The summed E-state index contributed by atoms with van der Waals surface area (Å²) in [4.78, 5) is 28.1. The predicted octanol–water partition coefficient (Wildman–Crippen LogP) is 2.79. The minimum Gasteiger partial charge on any atom is -0.337 e. The lowest BCUT2D eigenvalue weighted by Gasteiger charge is -2.30. The van der Waals surface area contributed by atoms with E-state index in [4.69, 9.17) is 21.3 Å². The van der Waals surface area contributed by atoms with Gasteiger partial charge in [0, 0.05) is 36.9 Å². The summed E-state index contributed by atoms with van der Waals surface area (Å²) in [5.41, 5.74) is 2.59. The summed E-state index contributed by atoms with van der Waals surface area (Å²) in [6.07, 6.45) is 4.39. The van der Waals surface area contributed by atoms with Crippen molar-refractivity contribution in [2.45, 2.75) is 31.8 Å². The van der Waals surface area contributed by atoms with Crippen LogP contribution in [0.4, 0.5) is 10.3 Å². The van der Waals surface area contributed by atoms with Gasteiger partial charge < -0.3 is 9.42 Å². The molecular weight excluding hydrogens is 453 g/mol. The van der Waals surface area contributed by atoms with Gasteiger partial charge in [0.1, 0.15) is 5.82 Å². The summed E-state index contributed by atoms with van der Waals surface area (Å²) in [5.74, 6) is 0.663. The summed E-state index contributed by atoms with van der Waals surface area (Å²) in [5, 5.41) is 13.3. The summed E-state index contributed by atoms with van der Waals surface area (Å²) < 4.78 is 18.7. The monoisotopic (exact) mass is 475 g/mol. The molecule has 1 aliphatic rings. The van der Waals surface area contributed by atoms with Gasteiger partial charge in [-0.05, 0) is 43.6 Å². The van der Waals surface area contributed by atoms with Crippen molar-refractivity contribution in [2.24, 2.45) is 0 Å². The van der Waals surface area contributed by atoms with Crippen molar-refractivity contribution in [1.82, 2.24) is 30.5 Å². The number of amides is 1. The molecule has 12 heteroatoms. The number of benzene rings is 1. The minimum absolute atomic E-state index is 0.141. The summed E-state index contributed by atoms with van der Waals surface area (Å²) in [6.45, 7) is 2.68. The first-order chi connectivity index (χ1) is 15.9. The molecule has 1 amide bonds. The molecule has 2 aromatic heterocycles. The Morgan fingerprint density at radius 3 is 2.73 bits per heavy atom. The maximum atomic E-state index is 13.2. The van der Waals surface area contributed by atoms with Crippen LogP contribution in [0.3, 0.4) is 0 Å². The van der Waals surface area contributed by atoms with E-state index in [0.717, 1.165) is 31.5 Å². The lowest BCUT2D eigenvalue weighted by Crippen LogP contribution is -2.32. The van der Waals surface area contributed by atoms with Crippen molar-refractivity contribution in [3.05, 3.63) is 64.3 Å². The molecule has 0 radical (unpaired) electrons. The Hall–Kier alpha value is -3.15. The number of hydrogen-bond acceptors (Lipinski definition) is 9. The van der Waals surface area contributed by atoms with Crippen molar-refractivity contribution >= 4 is 23.5 Å². The maximum absolute atomic E-state index is 13.2. The number of hydrogen-bond donors (Lipinski definition) is 2. The molecule has 3 aromatic rings. The molecule has 3 heterocycles. The van der Waals surface area contributed by atoms with Crippen molar-refractivity contribution < 1.29 is 18.9 Å². The zero-order valence-corrected chi connectivity index (χ0v) is 18.7. The largest absolute Gasteiger partial charge is 0.337 e. The van der Waals surface area contributed by atoms with E-state index in [1.54, 1.807) is 18.0 Å². The molecule has 0 unspecified atom stereocenters. The Labute approximate surface area is 194 Å². The van der Waals surface area contributed by atoms with Crippen LogP contribution in [0.15, 0.2) is 35.1 Å². The normalized spacial score (nSPS) is 14.9. The van der Waals surface area contributed by atoms with Gasteiger partial charge >= 0.3 is 0 Å². The number of carbonyl (C=O) groups is 1. The predicted molar refractivity (Wildman–Crippen MR) is 116 cm³/mol. The molecule has 0 aliphatic carbocycles. The van der Waals surface area contributed by atoms with Crippen molar-refractivity contribution in [3.8, 4) is 0 Å². The number of hydroxylamine groups is 1. The lowest BCUT2D eigenvalue weighted by molar-refractivity contribution is 0.0705. The van der Waals surface area contributed by atoms with Gasteiger partial charge in [-0.3, -0.25) is 14.9 Å². The molecule has 0 bridgehead atoms. The second-order valence-electron chi connectivity index (χ2n) is 7.90. The third-order valence-electron chi connectivity index (χ3n) is 5.56. The van der Waals surface area contributed by atoms with E-state index in [1.165, 1.54) is 30.0 Å². The van der Waals surface area contributed by atoms with E-state index < -0.39 is 5.91 Å². The van der Waals surface area contributed by atoms with Crippen LogP contribution in [-0.4, -0.2) is 56.3 Å². The quantitative estimate of drug-likeness (QED) is 0.392. The standard InChI is InChI=1S/C21H23ClFN7O3/c1-29(21-24-9-15(10-25-21)20(31)27-32)12-18-26-19(28-33-18)13-4-6-30(7-5-13)11-14-2-3-16(23)8-17(14)22/h2-3,8-10,13,32H,4-7,11-12H2,1H3,(H,27,31). The highest BCUT2D eigenvalue weighted by Gasteiger charge is 2.25. The summed E-state index contributed by atoms with van der Waals surface area (Å²) >= 11 is 6.15. The van der Waals surface area contributed by atoms with Crippen LogP contribution >= 0.6 is 11.6 Å². The fraction of sp³-hybridized carbons (Fsp3) is 0.381. The third kappa shape index (κ3) is 5.62. The van der Waals surface area contributed by atoms with E-state index in [-0.39, 0.29) is 17.3 Å². The summed E-state index contributed by atoms with van der Waals surface area (Å²) in [6, 6.07) is 4.49. The second kappa shape index (κ2) is 10.2. The molecule has 1 saturated heterocycles. The highest BCUT2D eigenvalue weighted by molar-refractivity contribution is 6.31. The van der Waals surface area contributed by atoms with E-state index in [9.17, 15) is 9.18 Å². The maximum Gasteiger partial charge on any atom is 0.277 e. The van der Waals surface area contributed by atoms with Crippen LogP contribution in [0.2, 0.25) is 5.02 Å². The highest BCUT2D eigenvalue weighted by atomic mass is 35.5. The molecule has 1 fully saturated rings. The highest BCUT2D eigenvalue weighted by Crippen LogP contribution is 2.28. The average molecular weight is 476 g/mol. The second-order valence-corrected chi connectivity index (χ2v) is 8.31. The number of halogens is 2. The molecule has 1 aliphatic heterocycles. The first-order valence-electron chi connectivity index (χ1n) is 10.4. The molecule has 0 saturated carbocycles. The minimum atomic E-state index is -0.683. The van der Waals surface area contributed by atoms with E-state index in [0.29, 0.717) is 35.8 Å². The molecule has 10 nitrogen and oxygen atoms in total. The van der Waals surface area contributed by atoms with Crippen LogP contribution in [-0.2, 0) is 13.1 Å². The first-order valence-corrected chi connectivity index (χ1v) is 10.8. The number of nitrogens with one attached hydrogen (secondary N) is 1. The first kappa shape index (κ1) is 23.0. The van der Waals surface area contributed by atoms with Gasteiger partial charge in [0.05, 0.1) is 12.1 Å². The fourth-order valence-electron chi connectivity index (χ4n) is 3.71. The molecular formula is C21H23ClFN7O3. The molecule has 0 atom stereocenters. The zero-order chi connectivity index (χ0) is 23.4. The van der Waals surface area contributed by atoms with Crippen LogP contribution in [0, 0.1) is 5.82 Å². The van der Waals surface area contributed by atoms with Crippen LogP contribution in [0.5, 0.6) is 0 Å². The van der Waals surface area contributed by atoms with Gasteiger partial charge in [-0.15, -0.1) is 0 Å². The van der Waals surface area contributed by atoms with Gasteiger partial charge in [-0.25, -0.2) is 19.8 Å². The number of likely N-dealkylation sites (tertiary alicyclic amines) is 1. The van der Waals surface area contributed by atoms with Crippen LogP contribution < -0.4 is 10.4 Å². The molecule has 174 valence electrons. The van der Waals surface area contributed by atoms with E-state index in [1.807, 2.05) is 0 Å². The molecule has 1 aromatic carbocycles. The number of piperidine rings is 1. The number of anilines is 1. The number of carbonyl (C=O) groups excluding carboxylic acids is 1. The van der Waals surface area contributed by atoms with Gasteiger partial charge in [0.25, 0.3) is 5.91 Å². The van der Waals surface area contributed by atoms with E-state index in [2.05, 4.69) is 25.0 Å². The molecule has 33 heavy (non-hydrogen) atoms. The topological polar surface area (TPSA) is 121 Å². The Kier molecular flexibility index (Phi) is 7.11. The lowest BCUT2D eigenvalue weighted by atomic mass is 9.96. The van der Waals surface area contributed by atoms with E-state index >= 15 is 0 Å².